The minimum absolute atomic E-state index is 0.0554. The van der Waals surface area contributed by atoms with E-state index in [1.807, 2.05) is 6.08 Å². The number of nitrogens with one attached hydrogen (secondary N) is 1. The molecule has 4 nitrogen and oxygen atoms in total. The zero-order chi connectivity index (χ0) is 44.2. The van der Waals surface area contributed by atoms with Gasteiger partial charge in [0.25, 0.3) is 0 Å². The third-order valence-electron chi connectivity index (χ3n) is 13.5. The zero-order valence-corrected chi connectivity index (χ0v) is 42.0. The Morgan fingerprint density at radius 2 is 0.607 bits per heavy atom. The summed E-state index contributed by atoms with van der Waals surface area (Å²) < 4.78 is 0. The van der Waals surface area contributed by atoms with E-state index in [2.05, 4.69) is 19.2 Å². The van der Waals surface area contributed by atoms with E-state index in [9.17, 15) is 15.0 Å². The fraction of sp³-hybridized carbons (Fsp3) is 0.947. The summed E-state index contributed by atoms with van der Waals surface area (Å²) in [7, 11) is 0. The Balaban J connectivity index is 3.45. The summed E-state index contributed by atoms with van der Waals surface area (Å²) in [6, 6.07) is -0.618. The number of rotatable bonds is 53. The first kappa shape index (κ1) is 60.1. The van der Waals surface area contributed by atoms with Crippen molar-refractivity contribution in [1.82, 2.24) is 5.32 Å². The molecule has 2 atom stereocenters. The van der Waals surface area contributed by atoms with E-state index in [1.54, 1.807) is 6.08 Å². The van der Waals surface area contributed by atoms with Crippen LogP contribution in [0.5, 0.6) is 0 Å². The molecule has 0 rings (SSSR count). The van der Waals surface area contributed by atoms with Gasteiger partial charge in [-0.1, -0.05) is 315 Å². The van der Waals surface area contributed by atoms with Gasteiger partial charge in [0.1, 0.15) is 0 Å². The van der Waals surface area contributed by atoms with Crippen LogP contribution in [0, 0.1) is 0 Å². The van der Waals surface area contributed by atoms with Gasteiger partial charge >= 0.3 is 0 Å². The van der Waals surface area contributed by atoms with E-state index in [1.165, 1.54) is 283 Å². The number of hydrogen-bond donors (Lipinski definition) is 3. The van der Waals surface area contributed by atoms with E-state index in [4.69, 9.17) is 0 Å². The molecule has 0 aliphatic carbocycles. The van der Waals surface area contributed by atoms with Crippen LogP contribution in [0.25, 0.3) is 0 Å². The second-order valence-electron chi connectivity index (χ2n) is 19.7. The van der Waals surface area contributed by atoms with Crippen molar-refractivity contribution in [1.29, 1.82) is 0 Å². The predicted octanol–water partition coefficient (Wildman–Crippen LogP) is 18.5. The number of amides is 1. The van der Waals surface area contributed by atoms with Crippen LogP contribution in [0.4, 0.5) is 0 Å². The fourth-order valence-corrected chi connectivity index (χ4v) is 9.18. The van der Waals surface area contributed by atoms with Crippen molar-refractivity contribution in [3.05, 3.63) is 12.2 Å². The maximum atomic E-state index is 12.5. The minimum atomic E-state index is -0.835. The summed E-state index contributed by atoms with van der Waals surface area (Å²) >= 11 is 0. The lowest BCUT2D eigenvalue weighted by Crippen LogP contribution is -2.45. The average molecular weight is 861 g/mol. The molecular formula is C57H113NO3. The highest BCUT2D eigenvalue weighted by Crippen LogP contribution is 2.18. The molecule has 364 valence electrons. The largest absolute Gasteiger partial charge is 0.394 e. The quantitative estimate of drug-likeness (QED) is 0.0421. The molecule has 61 heavy (non-hydrogen) atoms. The van der Waals surface area contributed by atoms with E-state index in [0.29, 0.717) is 6.42 Å². The highest BCUT2D eigenvalue weighted by atomic mass is 16.3. The van der Waals surface area contributed by atoms with Gasteiger partial charge in [-0.25, -0.2) is 0 Å². The van der Waals surface area contributed by atoms with Crippen LogP contribution in [-0.4, -0.2) is 34.9 Å². The van der Waals surface area contributed by atoms with Gasteiger partial charge in [-0.15, -0.1) is 0 Å². The molecule has 0 saturated carbocycles. The summed E-state index contributed by atoms with van der Waals surface area (Å²) in [6.07, 6.45) is 69.5. The Morgan fingerprint density at radius 3 is 0.852 bits per heavy atom. The van der Waals surface area contributed by atoms with Gasteiger partial charge in [-0.2, -0.15) is 0 Å². The molecule has 0 spiro atoms. The van der Waals surface area contributed by atoms with Gasteiger partial charge in [-0.05, 0) is 19.3 Å². The van der Waals surface area contributed by atoms with Crippen molar-refractivity contribution in [3.8, 4) is 0 Å². The first-order chi connectivity index (χ1) is 30.2. The molecule has 0 saturated heterocycles. The second kappa shape index (κ2) is 53.5. The second-order valence-corrected chi connectivity index (χ2v) is 19.7. The lowest BCUT2D eigenvalue weighted by molar-refractivity contribution is -0.123. The molecule has 2 unspecified atom stereocenters. The number of aliphatic hydroxyl groups is 2. The van der Waals surface area contributed by atoms with Gasteiger partial charge in [-0.3, -0.25) is 4.79 Å². The number of allylic oxidation sites excluding steroid dienone is 1. The Morgan fingerprint density at radius 1 is 0.377 bits per heavy atom. The number of carbonyl (C=O) groups is 1. The maximum absolute atomic E-state index is 12.5. The van der Waals surface area contributed by atoms with Crippen molar-refractivity contribution in [2.24, 2.45) is 0 Å². The van der Waals surface area contributed by atoms with Crippen LogP contribution in [0.15, 0.2) is 12.2 Å². The zero-order valence-electron chi connectivity index (χ0n) is 42.0. The summed E-state index contributed by atoms with van der Waals surface area (Å²) in [5.41, 5.74) is 0. The molecule has 1 amide bonds. The number of hydrogen-bond acceptors (Lipinski definition) is 3. The average Bonchev–Trinajstić information content (AvgIpc) is 3.26. The topological polar surface area (TPSA) is 69.6 Å². The highest BCUT2D eigenvalue weighted by Gasteiger charge is 2.18. The van der Waals surface area contributed by atoms with E-state index < -0.39 is 12.1 Å². The van der Waals surface area contributed by atoms with Gasteiger partial charge in [0, 0.05) is 6.42 Å². The normalized spacial score (nSPS) is 12.8. The van der Waals surface area contributed by atoms with Crippen LogP contribution in [-0.2, 0) is 4.79 Å². The Labute approximate surface area is 384 Å². The van der Waals surface area contributed by atoms with E-state index in [0.717, 1.165) is 25.7 Å². The standard InChI is InChI=1S/C57H113NO3/c1-3-5-7-9-11-13-15-17-19-21-23-25-27-29-31-33-35-37-39-41-43-45-47-49-51-53-57(61)58-55(54-59)56(60)52-50-48-46-44-42-40-38-36-34-32-30-28-26-24-22-20-18-16-14-12-10-8-6-4-2/h50,52,55-56,59-60H,3-49,51,53-54H2,1-2H3,(H,58,61)/b52-50+. The minimum Gasteiger partial charge on any atom is -0.394 e. The van der Waals surface area contributed by atoms with Crippen molar-refractivity contribution in [2.75, 3.05) is 6.61 Å². The van der Waals surface area contributed by atoms with Gasteiger partial charge in [0.15, 0.2) is 0 Å². The Kier molecular flexibility index (Phi) is 52.7. The fourth-order valence-electron chi connectivity index (χ4n) is 9.18. The molecule has 0 heterocycles. The Hall–Kier alpha value is -0.870. The smallest absolute Gasteiger partial charge is 0.220 e. The molecule has 0 aliphatic heterocycles. The van der Waals surface area contributed by atoms with Crippen LogP contribution in [0.3, 0.4) is 0 Å². The predicted molar refractivity (Wildman–Crippen MR) is 272 cm³/mol. The third kappa shape index (κ3) is 50.0. The lowest BCUT2D eigenvalue weighted by Gasteiger charge is -2.20. The number of aliphatic hydroxyl groups excluding tert-OH is 2. The molecule has 4 heteroatoms. The van der Waals surface area contributed by atoms with Gasteiger partial charge in [0.05, 0.1) is 18.8 Å². The monoisotopic (exact) mass is 860 g/mol. The van der Waals surface area contributed by atoms with Crippen LogP contribution in [0.2, 0.25) is 0 Å². The van der Waals surface area contributed by atoms with Crippen molar-refractivity contribution in [3.63, 3.8) is 0 Å². The highest BCUT2D eigenvalue weighted by molar-refractivity contribution is 5.76. The van der Waals surface area contributed by atoms with Gasteiger partial charge in [0.2, 0.25) is 5.91 Å². The summed E-state index contributed by atoms with van der Waals surface area (Å²) in [6.45, 7) is 4.36. The molecule has 3 N–H and O–H groups in total. The first-order valence-electron chi connectivity index (χ1n) is 28.4. The first-order valence-corrected chi connectivity index (χ1v) is 28.4. The lowest BCUT2D eigenvalue weighted by atomic mass is 10.0. The van der Waals surface area contributed by atoms with Crippen molar-refractivity contribution >= 4 is 5.91 Å². The van der Waals surface area contributed by atoms with Gasteiger partial charge < -0.3 is 15.5 Å². The molecule has 0 aromatic rings. The SMILES string of the molecule is CCCCCCCCCCCCCCCCCCCCCCCC/C=C/C(O)C(CO)NC(=O)CCCCCCCCCCCCCCCCCCCCCCCCCCC. The summed E-state index contributed by atoms with van der Waals surface area (Å²) in [4.78, 5) is 12.5. The number of carbonyl (C=O) groups excluding carboxylic acids is 1. The molecule has 0 fully saturated rings. The molecule has 0 aliphatic rings. The molecule has 0 aromatic heterocycles. The molecule has 0 radical (unpaired) electrons. The Bertz CT molecular complexity index is 844. The molecular weight excluding hydrogens is 747 g/mol. The summed E-state index contributed by atoms with van der Waals surface area (Å²) in [5.74, 6) is -0.0554. The molecule has 0 bridgehead atoms. The van der Waals surface area contributed by atoms with Crippen LogP contribution < -0.4 is 5.32 Å². The third-order valence-corrected chi connectivity index (χ3v) is 13.5. The number of unbranched alkanes of at least 4 members (excludes halogenated alkanes) is 46. The van der Waals surface area contributed by atoms with Crippen molar-refractivity contribution < 1.29 is 15.0 Å². The maximum Gasteiger partial charge on any atom is 0.220 e. The van der Waals surface area contributed by atoms with Crippen LogP contribution >= 0.6 is 0 Å². The van der Waals surface area contributed by atoms with Crippen LogP contribution in [0.1, 0.15) is 328 Å². The van der Waals surface area contributed by atoms with E-state index >= 15 is 0 Å². The summed E-state index contributed by atoms with van der Waals surface area (Å²) in [5, 5.41) is 23.2. The van der Waals surface area contributed by atoms with E-state index in [-0.39, 0.29) is 12.5 Å². The molecule has 0 aromatic carbocycles. The van der Waals surface area contributed by atoms with Crippen molar-refractivity contribution in [2.45, 2.75) is 341 Å².